The van der Waals surface area contributed by atoms with Crippen LogP contribution in [-0.2, 0) is 16.0 Å². The molecule has 4 nitrogen and oxygen atoms in total. The molecule has 0 saturated carbocycles. The van der Waals surface area contributed by atoms with Gasteiger partial charge in [-0.05, 0) is 49.4 Å². The van der Waals surface area contributed by atoms with Gasteiger partial charge in [0.1, 0.15) is 5.82 Å². The first-order valence-electron chi connectivity index (χ1n) is 8.92. The number of fused-ring (bicyclic) bond motifs is 1. The van der Waals surface area contributed by atoms with Gasteiger partial charge in [0, 0.05) is 32.5 Å². The second kappa shape index (κ2) is 7.32. The number of halogens is 1. The highest BCUT2D eigenvalue weighted by atomic mass is 19.1. The minimum atomic E-state index is -0.259. The van der Waals surface area contributed by atoms with Crippen molar-refractivity contribution >= 4 is 11.8 Å². The van der Waals surface area contributed by atoms with Crippen LogP contribution in [0, 0.1) is 5.82 Å². The van der Waals surface area contributed by atoms with E-state index in [1.165, 1.54) is 12.1 Å². The van der Waals surface area contributed by atoms with Crippen molar-refractivity contribution in [3.8, 4) is 0 Å². The topological polar surface area (TPSA) is 40.6 Å². The normalized spacial score (nSPS) is 21.4. The zero-order chi connectivity index (χ0) is 17.1. The highest BCUT2D eigenvalue weighted by Gasteiger charge is 2.28. The number of hydrogen-bond acceptors (Lipinski definition) is 2. The monoisotopic (exact) mass is 332 g/mol. The summed E-state index contributed by atoms with van der Waals surface area (Å²) in [6.07, 6.45) is 4.76. The Bertz CT molecular complexity index is 632. The van der Waals surface area contributed by atoms with Crippen LogP contribution in [0.1, 0.15) is 56.2 Å². The van der Waals surface area contributed by atoms with Gasteiger partial charge in [0.25, 0.3) is 0 Å². The molecular weight excluding hydrogens is 307 g/mol. The van der Waals surface area contributed by atoms with E-state index in [0.717, 1.165) is 43.4 Å². The molecule has 24 heavy (non-hydrogen) atoms. The number of nitrogens with zero attached hydrogens (tertiary/aromatic N) is 2. The molecule has 0 bridgehead atoms. The number of likely N-dealkylation sites (tertiary alicyclic amines) is 1. The molecule has 0 N–H and O–H groups in total. The summed E-state index contributed by atoms with van der Waals surface area (Å²) in [7, 11) is 0. The molecule has 1 fully saturated rings. The second-order valence-electron chi connectivity index (χ2n) is 6.80. The van der Waals surface area contributed by atoms with Crippen molar-refractivity contribution < 1.29 is 14.0 Å². The van der Waals surface area contributed by atoms with Crippen LogP contribution >= 0.6 is 0 Å². The number of rotatable bonds is 3. The van der Waals surface area contributed by atoms with E-state index >= 15 is 0 Å². The number of amides is 2. The molecule has 0 aromatic heterocycles. The van der Waals surface area contributed by atoms with Gasteiger partial charge in [0.15, 0.2) is 0 Å². The van der Waals surface area contributed by atoms with Crippen LogP contribution in [0.2, 0.25) is 0 Å². The zero-order valence-corrected chi connectivity index (χ0v) is 14.3. The molecule has 1 aromatic carbocycles. The van der Waals surface area contributed by atoms with E-state index in [1.807, 2.05) is 22.8 Å². The largest absolute Gasteiger partial charge is 0.342 e. The molecule has 2 amide bonds. The molecule has 2 heterocycles. The third-order valence-electron chi connectivity index (χ3n) is 5.23. The smallest absolute Gasteiger partial charge is 0.224 e. The highest BCUT2D eigenvalue weighted by molar-refractivity contribution is 5.79. The Hall–Kier alpha value is -1.91. The Morgan fingerprint density at radius 1 is 1.21 bits per heavy atom. The summed E-state index contributed by atoms with van der Waals surface area (Å²) in [5, 5.41) is 0. The van der Waals surface area contributed by atoms with Crippen LogP contribution in [0.25, 0.3) is 0 Å². The fourth-order valence-corrected chi connectivity index (χ4v) is 3.77. The van der Waals surface area contributed by atoms with Crippen LogP contribution < -0.4 is 0 Å². The molecule has 1 atom stereocenters. The van der Waals surface area contributed by atoms with E-state index in [4.69, 9.17) is 0 Å². The third-order valence-corrected chi connectivity index (χ3v) is 5.23. The number of carbonyl (C=O) groups excluding carboxylic acids is 2. The first-order chi connectivity index (χ1) is 11.6. The van der Waals surface area contributed by atoms with Crippen LogP contribution in [-0.4, -0.2) is 41.2 Å². The summed E-state index contributed by atoms with van der Waals surface area (Å²) in [6, 6.07) is 4.72. The summed E-state index contributed by atoms with van der Waals surface area (Å²) in [6.45, 7) is 3.87. The minimum Gasteiger partial charge on any atom is -0.342 e. The fourth-order valence-electron chi connectivity index (χ4n) is 3.77. The fraction of sp³-hybridized carbons (Fsp3) is 0.579. The van der Waals surface area contributed by atoms with Crippen molar-refractivity contribution in [1.82, 2.24) is 9.80 Å². The summed E-state index contributed by atoms with van der Waals surface area (Å²) in [4.78, 5) is 28.3. The van der Waals surface area contributed by atoms with E-state index in [9.17, 15) is 14.0 Å². The van der Waals surface area contributed by atoms with Crippen molar-refractivity contribution in [1.29, 1.82) is 0 Å². The molecule has 3 rings (SSSR count). The van der Waals surface area contributed by atoms with Gasteiger partial charge in [0.05, 0.1) is 6.04 Å². The lowest BCUT2D eigenvalue weighted by atomic mass is 9.93. The maximum Gasteiger partial charge on any atom is 0.224 e. The van der Waals surface area contributed by atoms with Crippen LogP contribution in [0.5, 0.6) is 0 Å². The maximum atomic E-state index is 13.5. The van der Waals surface area contributed by atoms with Crippen LogP contribution in [0.3, 0.4) is 0 Å². The van der Waals surface area contributed by atoms with Gasteiger partial charge in [-0.3, -0.25) is 9.59 Å². The third kappa shape index (κ3) is 3.60. The Morgan fingerprint density at radius 3 is 2.88 bits per heavy atom. The lowest BCUT2D eigenvalue weighted by Gasteiger charge is -2.36. The Balaban J connectivity index is 1.62. The highest BCUT2D eigenvalue weighted by Crippen LogP contribution is 2.30. The molecule has 0 aliphatic carbocycles. The Labute approximate surface area is 142 Å². The molecular formula is C19H25FN2O2. The van der Waals surface area contributed by atoms with E-state index in [1.54, 1.807) is 0 Å². The van der Waals surface area contributed by atoms with Gasteiger partial charge in [-0.15, -0.1) is 0 Å². The van der Waals surface area contributed by atoms with Gasteiger partial charge in [-0.25, -0.2) is 4.39 Å². The summed E-state index contributed by atoms with van der Waals surface area (Å²) < 4.78 is 13.5. The predicted octanol–water partition coefficient (Wildman–Crippen LogP) is 3.06. The Kier molecular flexibility index (Phi) is 5.17. The van der Waals surface area contributed by atoms with Gasteiger partial charge in [-0.2, -0.15) is 0 Å². The van der Waals surface area contributed by atoms with E-state index in [0.29, 0.717) is 25.9 Å². The molecule has 1 saturated heterocycles. The lowest BCUT2D eigenvalue weighted by Crippen LogP contribution is -2.41. The molecule has 130 valence electrons. The van der Waals surface area contributed by atoms with Gasteiger partial charge in [-0.1, -0.05) is 12.5 Å². The van der Waals surface area contributed by atoms with Gasteiger partial charge >= 0.3 is 0 Å². The number of hydrogen-bond donors (Lipinski definition) is 0. The first kappa shape index (κ1) is 16.9. The van der Waals surface area contributed by atoms with Crippen molar-refractivity contribution in [3.05, 3.63) is 35.1 Å². The molecule has 0 unspecified atom stereocenters. The Morgan fingerprint density at radius 2 is 2.04 bits per heavy atom. The standard InChI is InChI=1S/C19H25FN2O2/c1-14-17-13-16(20)7-6-15(17)8-12-22(14)19(24)9-11-21-10-4-2-3-5-18(21)23/h6-7,13-14H,2-5,8-12H2,1H3/t14-/m0/s1. The zero-order valence-electron chi connectivity index (χ0n) is 14.3. The summed E-state index contributed by atoms with van der Waals surface area (Å²) >= 11 is 0. The first-order valence-corrected chi connectivity index (χ1v) is 8.92. The molecule has 0 spiro atoms. The minimum absolute atomic E-state index is 0.0504. The number of carbonyl (C=O) groups is 2. The summed E-state index contributed by atoms with van der Waals surface area (Å²) in [5.41, 5.74) is 2.02. The quantitative estimate of drug-likeness (QED) is 0.853. The molecule has 0 radical (unpaired) electrons. The molecule has 5 heteroatoms. The van der Waals surface area contributed by atoms with Crippen molar-refractivity contribution in [2.45, 2.75) is 51.5 Å². The van der Waals surface area contributed by atoms with Crippen LogP contribution in [0.4, 0.5) is 4.39 Å². The van der Waals surface area contributed by atoms with Gasteiger partial charge < -0.3 is 9.80 Å². The molecule has 2 aliphatic heterocycles. The molecule has 1 aromatic rings. The maximum absolute atomic E-state index is 13.5. The second-order valence-corrected chi connectivity index (χ2v) is 6.80. The van der Waals surface area contributed by atoms with Crippen molar-refractivity contribution in [2.24, 2.45) is 0 Å². The van der Waals surface area contributed by atoms with E-state index in [-0.39, 0.29) is 23.7 Å². The van der Waals surface area contributed by atoms with Crippen molar-refractivity contribution in [3.63, 3.8) is 0 Å². The average Bonchev–Trinajstić information content (AvgIpc) is 2.78. The van der Waals surface area contributed by atoms with Crippen molar-refractivity contribution in [2.75, 3.05) is 19.6 Å². The average molecular weight is 332 g/mol. The summed E-state index contributed by atoms with van der Waals surface area (Å²) in [5.74, 6) is -0.0427. The number of benzene rings is 1. The van der Waals surface area contributed by atoms with E-state index < -0.39 is 0 Å². The predicted molar refractivity (Wildman–Crippen MR) is 89.9 cm³/mol. The van der Waals surface area contributed by atoms with Crippen LogP contribution in [0.15, 0.2) is 18.2 Å². The lowest BCUT2D eigenvalue weighted by molar-refractivity contribution is -0.135. The SMILES string of the molecule is C[C@H]1c2cc(F)ccc2CCN1C(=O)CCN1CCCCCC1=O. The van der Waals surface area contributed by atoms with E-state index in [2.05, 4.69) is 0 Å². The molecule has 2 aliphatic rings. The van der Waals surface area contributed by atoms with Gasteiger partial charge in [0.2, 0.25) is 11.8 Å².